The van der Waals surface area contributed by atoms with E-state index >= 15 is 0 Å². The van der Waals surface area contributed by atoms with Gasteiger partial charge in [-0.2, -0.15) is 0 Å². The number of amides is 1. The molecule has 5 nitrogen and oxygen atoms in total. The van der Waals surface area contributed by atoms with Crippen molar-refractivity contribution in [1.82, 2.24) is 5.32 Å². The second kappa shape index (κ2) is 6.89. The van der Waals surface area contributed by atoms with Crippen molar-refractivity contribution in [3.8, 4) is 0 Å². The molecule has 2 N–H and O–H groups in total. The molecule has 2 rings (SSSR count). The molecule has 1 amide bonds. The summed E-state index contributed by atoms with van der Waals surface area (Å²) in [5, 5.41) is 5.98. The van der Waals surface area contributed by atoms with Crippen molar-refractivity contribution >= 4 is 49.4 Å². The lowest BCUT2D eigenvalue weighted by atomic mass is 9.88. The molecular formula is C14H16Br2N2O3. The van der Waals surface area contributed by atoms with Crippen LogP contribution in [0.25, 0.3) is 0 Å². The Hall–Kier alpha value is -0.920. The maximum Gasteiger partial charge on any atom is 0.340 e. The quantitative estimate of drug-likeness (QED) is 0.736. The third-order valence-corrected chi connectivity index (χ3v) is 4.73. The Balaban J connectivity index is 2.25. The Morgan fingerprint density at radius 3 is 2.57 bits per heavy atom. The summed E-state index contributed by atoms with van der Waals surface area (Å²) in [5.74, 6) is -0.381. The summed E-state index contributed by atoms with van der Waals surface area (Å²) in [6, 6.07) is 3.40. The molecule has 0 saturated carbocycles. The van der Waals surface area contributed by atoms with Gasteiger partial charge in [-0.25, -0.2) is 4.79 Å². The van der Waals surface area contributed by atoms with Crippen molar-refractivity contribution < 1.29 is 14.3 Å². The first-order chi connectivity index (χ1) is 9.93. The number of carbonyl (C=O) groups is 2. The van der Waals surface area contributed by atoms with Gasteiger partial charge in [-0.1, -0.05) is 22.9 Å². The normalized spacial score (nSPS) is 16.0. The molecule has 114 valence electrons. The Labute approximate surface area is 140 Å². The molecule has 1 fully saturated rings. The fraction of sp³-hybridized carbons (Fsp3) is 0.429. The van der Waals surface area contributed by atoms with Gasteiger partial charge in [0.2, 0.25) is 5.91 Å². The monoisotopic (exact) mass is 418 g/mol. The number of methoxy groups -OCH3 is 1. The lowest BCUT2D eigenvalue weighted by molar-refractivity contribution is -0.121. The van der Waals surface area contributed by atoms with Crippen molar-refractivity contribution in [3.63, 3.8) is 0 Å². The number of rotatable bonds is 4. The standard InChI is InChI=1S/C14H16Br2N2O3/c1-7(8-5-17-6-8)13(19)18-12-10(14(20)21-2)3-9(15)4-11(12)16/h3-4,7-8,17H,5-6H2,1-2H3,(H,18,19). The fourth-order valence-electron chi connectivity index (χ4n) is 2.09. The van der Waals surface area contributed by atoms with E-state index in [1.165, 1.54) is 7.11 Å². The molecule has 1 aromatic carbocycles. The zero-order valence-corrected chi connectivity index (χ0v) is 14.9. The van der Waals surface area contributed by atoms with E-state index in [1.807, 2.05) is 6.92 Å². The van der Waals surface area contributed by atoms with Gasteiger partial charge in [0.25, 0.3) is 0 Å². The Morgan fingerprint density at radius 1 is 1.38 bits per heavy atom. The van der Waals surface area contributed by atoms with Crippen LogP contribution in [-0.4, -0.2) is 32.1 Å². The summed E-state index contributed by atoms with van der Waals surface area (Å²) >= 11 is 6.70. The van der Waals surface area contributed by atoms with Gasteiger partial charge < -0.3 is 15.4 Å². The van der Waals surface area contributed by atoms with Crippen LogP contribution in [0.5, 0.6) is 0 Å². The number of ether oxygens (including phenoxy) is 1. The lowest BCUT2D eigenvalue weighted by Crippen LogP contribution is -2.48. The number of halogens is 2. The number of hydrogen-bond donors (Lipinski definition) is 2. The molecule has 0 aromatic heterocycles. The molecule has 1 aromatic rings. The van der Waals surface area contributed by atoms with E-state index < -0.39 is 5.97 Å². The zero-order chi connectivity index (χ0) is 15.6. The SMILES string of the molecule is COC(=O)c1cc(Br)cc(Br)c1NC(=O)C(C)C1CNC1. The van der Waals surface area contributed by atoms with E-state index in [0.717, 1.165) is 17.6 Å². The van der Waals surface area contributed by atoms with Crippen LogP contribution in [-0.2, 0) is 9.53 Å². The minimum absolute atomic E-state index is 0.102. The third-order valence-electron chi connectivity index (χ3n) is 3.64. The Bertz CT molecular complexity index is 574. The molecule has 1 aliphatic rings. The van der Waals surface area contributed by atoms with Crippen LogP contribution in [0, 0.1) is 11.8 Å². The highest BCUT2D eigenvalue weighted by atomic mass is 79.9. The van der Waals surface area contributed by atoms with Gasteiger partial charge in [-0.15, -0.1) is 0 Å². The van der Waals surface area contributed by atoms with Crippen LogP contribution in [0.3, 0.4) is 0 Å². The molecule has 21 heavy (non-hydrogen) atoms. The van der Waals surface area contributed by atoms with Crippen LogP contribution in [0.4, 0.5) is 5.69 Å². The summed E-state index contributed by atoms with van der Waals surface area (Å²) < 4.78 is 6.12. The van der Waals surface area contributed by atoms with Crippen LogP contribution < -0.4 is 10.6 Å². The van der Waals surface area contributed by atoms with Gasteiger partial charge in [0.1, 0.15) is 0 Å². The van der Waals surface area contributed by atoms with Gasteiger partial charge in [-0.3, -0.25) is 4.79 Å². The highest BCUT2D eigenvalue weighted by Gasteiger charge is 2.30. The average Bonchev–Trinajstić information content (AvgIpc) is 2.38. The number of nitrogens with one attached hydrogen (secondary N) is 2. The fourth-order valence-corrected chi connectivity index (χ4v) is 3.41. The summed E-state index contributed by atoms with van der Waals surface area (Å²) in [6.45, 7) is 3.59. The number of esters is 1. The number of carbonyl (C=O) groups excluding carboxylic acids is 2. The molecule has 7 heteroatoms. The van der Waals surface area contributed by atoms with E-state index in [9.17, 15) is 9.59 Å². The molecule has 1 aliphatic heterocycles. The van der Waals surface area contributed by atoms with E-state index in [1.54, 1.807) is 12.1 Å². The van der Waals surface area contributed by atoms with Crippen LogP contribution in [0.1, 0.15) is 17.3 Å². The predicted molar refractivity (Wildman–Crippen MR) is 87.3 cm³/mol. The molecule has 0 aliphatic carbocycles. The van der Waals surface area contributed by atoms with Gasteiger partial charge in [0.15, 0.2) is 0 Å². The second-order valence-corrected chi connectivity index (χ2v) is 6.77. The molecule has 1 unspecified atom stereocenters. The predicted octanol–water partition coefficient (Wildman–Crippen LogP) is 2.79. The minimum Gasteiger partial charge on any atom is -0.465 e. The largest absolute Gasteiger partial charge is 0.465 e. The van der Waals surface area contributed by atoms with Crippen molar-refractivity contribution in [1.29, 1.82) is 0 Å². The maximum atomic E-state index is 12.3. The smallest absolute Gasteiger partial charge is 0.340 e. The maximum absolute atomic E-state index is 12.3. The zero-order valence-electron chi connectivity index (χ0n) is 11.7. The minimum atomic E-state index is -0.495. The molecular weight excluding hydrogens is 404 g/mol. The van der Waals surface area contributed by atoms with Gasteiger partial charge in [0, 0.05) is 14.9 Å². The Kier molecular flexibility index (Phi) is 5.40. The van der Waals surface area contributed by atoms with Gasteiger partial charge >= 0.3 is 5.97 Å². The van der Waals surface area contributed by atoms with Gasteiger partial charge in [-0.05, 0) is 47.1 Å². The second-order valence-electron chi connectivity index (χ2n) is 5.00. The number of hydrogen-bond acceptors (Lipinski definition) is 4. The summed E-state index contributed by atoms with van der Waals surface area (Å²) in [4.78, 5) is 24.2. The summed E-state index contributed by atoms with van der Waals surface area (Å²) in [5.41, 5.74) is 0.750. The molecule has 0 radical (unpaired) electrons. The van der Waals surface area contributed by atoms with Crippen molar-refractivity contribution in [3.05, 3.63) is 26.6 Å². The number of anilines is 1. The van der Waals surface area contributed by atoms with Crippen LogP contribution >= 0.6 is 31.9 Å². The Morgan fingerprint density at radius 2 is 2.05 bits per heavy atom. The number of benzene rings is 1. The molecule has 0 bridgehead atoms. The third kappa shape index (κ3) is 3.64. The van der Waals surface area contributed by atoms with E-state index in [2.05, 4.69) is 42.5 Å². The summed E-state index contributed by atoms with van der Waals surface area (Å²) in [7, 11) is 1.31. The first kappa shape index (κ1) is 16.5. The molecule has 1 saturated heterocycles. The van der Waals surface area contributed by atoms with Crippen LogP contribution in [0.2, 0.25) is 0 Å². The average molecular weight is 420 g/mol. The van der Waals surface area contributed by atoms with Gasteiger partial charge in [0.05, 0.1) is 18.4 Å². The van der Waals surface area contributed by atoms with Crippen molar-refractivity contribution in [2.24, 2.45) is 11.8 Å². The van der Waals surface area contributed by atoms with E-state index in [-0.39, 0.29) is 11.8 Å². The molecule has 1 atom stereocenters. The van der Waals surface area contributed by atoms with E-state index in [4.69, 9.17) is 4.74 Å². The highest BCUT2D eigenvalue weighted by molar-refractivity contribution is 9.11. The summed E-state index contributed by atoms with van der Waals surface area (Å²) in [6.07, 6.45) is 0. The lowest BCUT2D eigenvalue weighted by Gasteiger charge is -2.31. The molecule has 1 heterocycles. The topological polar surface area (TPSA) is 67.4 Å². The molecule has 0 spiro atoms. The van der Waals surface area contributed by atoms with Crippen LogP contribution in [0.15, 0.2) is 21.1 Å². The van der Waals surface area contributed by atoms with Crippen molar-refractivity contribution in [2.45, 2.75) is 6.92 Å². The van der Waals surface area contributed by atoms with E-state index in [0.29, 0.717) is 21.6 Å². The first-order valence-electron chi connectivity index (χ1n) is 6.53. The highest BCUT2D eigenvalue weighted by Crippen LogP contribution is 2.32. The first-order valence-corrected chi connectivity index (χ1v) is 8.11. The van der Waals surface area contributed by atoms with Crippen molar-refractivity contribution in [2.75, 3.05) is 25.5 Å².